The van der Waals surface area contributed by atoms with Crippen molar-refractivity contribution in [1.29, 1.82) is 0 Å². The Morgan fingerprint density at radius 1 is 0.725 bits per heavy atom. The smallest absolute Gasteiger partial charge is 0.358 e. The summed E-state index contributed by atoms with van der Waals surface area (Å²) < 4.78 is 1.44. The molecule has 7 nitrogen and oxygen atoms in total. The SMILES string of the molecule is O=c1c([N+](=O)[O-])c(N2CCN(C(c3ccccc3)c3ccc(Cl)cc3)CC2)c2ccccc2n1-c1ccccc1. The van der Waals surface area contributed by atoms with Gasteiger partial charge in [0, 0.05) is 42.3 Å². The summed E-state index contributed by atoms with van der Waals surface area (Å²) in [5.41, 5.74) is 2.90. The summed E-state index contributed by atoms with van der Waals surface area (Å²) in [6, 6.07) is 34.7. The molecule has 1 aromatic heterocycles. The Labute approximate surface area is 236 Å². The van der Waals surface area contributed by atoms with Crippen LogP contribution in [-0.2, 0) is 0 Å². The quantitative estimate of drug-likeness (QED) is 0.179. The summed E-state index contributed by atoms with van der Waals surface area (Å²) in [5, 5.41) is 13.8. The van der Waals surface area contributed by atoms with E-state index < -0.39 is 16.2 Å². The first kappa shape index (κ1) is 25.8. The number of piperazine rings is 1. The second-order valence-electron chi connectivity index (χ2n) is 9.84. The first-order valence-electron chi connectivity index (χ1n) is 13.2. The average molecular weight is 551 g/mol. The maximum Gasteiger partial charge on any atom is 0.358 e. The van der Waals surface area contributed by atoms with Gasteiger partial charge in [-0.15, -0.1) is 0 Å². The molecule has 1 aliphatic heterocycles. The molecule has 8 heteroatoms. The van der Waals surface area contributed by atoms with Crippen LogP contribution < -0.4 is 10.5 Å². The molecule has 0 bridgehead atoms. The molecule has 40 heavy (non-hydrogen) atoms. The molecule has 1 atom stereocenters. The molecule has 0 saturated carbocycles. The van der Waals surface area contributed by atoms with Crippen molar-refractivity contribution in [2.75, 3.05) is 31.1 Å². The van der Waals surface area contributed by atoms with Crippen molar-refractivity contribution in [1.82, 2.24) is 9.47 Å². The van der Waals surface area contributed by atoms with Crippen molar-refractivity contribution in [3.8, 4) is 5.69 Å². The third-order valence-electron chi connectivity index (χ3n) is 7.52. The van der Waals surface area contributed by atoms with Crippen molar-refractivity contribution in [3.05, 3.63) is 146 Å². The number of anilines is 1. The summed E-state index contributed by atoms with van der Waals surface area (Å²) in [5.74, 6) is 0. The number of benzene rings is 4. The molecule has 1 saturated heterocycles. The lowest BCUT2D eigenvalue weighted by atomic mass is 9.96. The van der Waals surface area contributed by atoms with E-state index in [9.17, 15) is 14.9 Å². The highest BCUT2D eigenvalue weighted by atomic mass is 35.5. The lowest BCUT2D eigenvalue weighted by molar-refractivity contribution is -0.385. The summed E-state index contributed by atoms with van der Waals surface area (Å²) in [7, 11) is 0. The van der Waals surface area contributed by atoms with Crippen LogP contribution >= 0.6 is 11.6 Å². The maximum atomic E-state index is 13.7. The van der Waals surface area contributed by atoms with E-state index in [2.05, 4.69) is 17.0 Å². The van der Waals surface area contributed by atoms with Crippen LogP contribution in [0, 0.1) is 10.1 Å². The highest BCUT2D eigenvalue weighted by Crippen LogP contribution is 2.37. The summed E-state index contributed by atoms with van der Waals surface area (Å²) >= 11 is 6.18. The van der Waals surface area contributed by atoms with Crippen molar-refractivity contribution in [2.45, 2.75) is 6.04 Å². The zero-order valence-corrected chi connectivity index (χ0v) is 22.4. The normalized spacial score (nSPS) is 14.8. The third kappa shape index (κ3) is 4.74. The fourth-order valence-electron chi connectivity index (χ4n) is 5.73. The molecular weight excluding hydrogens is 524 g/mol. The minimum atomic E-state index is -0.629. The van der Waals surface area contributed by atoms with Gasteiger partial charge in [0.25, 0.3) is 0 Å². The average Bonchev–Trinajstić information content (AvgIpc) is 2.99. The van der Waals surface area contributed by atoms with E-state index in [1.54, 1.807) is 12.1 Å². The number of aromatic nitrogens is 1. The van der Waals surface area contributed by atoms with Crippen LogP contribution in [0.3, 0.4) is 0 Å². The first-order chi connectivity index (χ1) is 19.5. The first-order valence-corrected chi connectivity index (χ1v) is 13.6. The Bertz CT molecular complexity index is 1720. The number of halogens is 1. The Balaban J connectivity index is 1.40. The van der Waals surface area contributed by atoms with E-state index in [1.807, 2.05) is 89.8 Å². The lowest BCUT2D eigenvalue weighted by Crippen LogP contribution is -2.48. The van der Waals surface area contributed by atoms with Crippen molar-refractivity contribution in [3.63, 3.8) is 0 Å². The molecule has 2 heterocycles. The topological polar surface area (TPSA) is 71.6 Å². The number of fused-ring (bicyclic) bond motifs is 1. The Kier molecular flexibility index (Phi) is 7.07. The number of nitro groups is 1. The molecule has 1 unspecified atom stereocenters. The molecular formula is C32H27ClN4O3. The van der Waals surface area contributed by atoms with Crippen LogP contribution in [0.1, 0.15) is 17.2 Å². The number of rotatable bonds is 6. The fraction of sp³-hybridized carbons (Fsp3) is 0.156. The van der Waals surface area contributed by atoms with E-state index in [0.717, 1.165) is 5.56 Å². The van der Waals surface area contributed by atoms with Crippen LogP contribution in [0.4, 0.5) is 11.4 Å². The Morgan fingerprint density at radius 2 is 1.30 bits per heavy atom. The van der Waals surface area contributed by atoms with Gasteiger partial charge in [0.05, 0.1) is 16.5 Å². The largest absolute Gasteiger partial charge is 0.363 e. The number of nitrogens with zero attached hydrogens (tertiary/aromatic N) is 4. The standard InChI is InChI=1S/C32H27ClN4O3/c33-25-17-15-24(16-18-25)29(23-9-3-1-4-10-23)34-19-21-35(22-20-34)30-27-13-7-8-14-28(27)36(26-11-5-2-6-12-26)32(38)31(30)37(39)40/h1-18,29H,19-22H2. The summed E-state index contributed by atoms with van der Waals surface area (Å²) in [6.07, 6.45) is 0. The van der Waals surface area contributed by atoms with Gasteiger partial charge in [-0.2, -0.15) is 0 Å². The molecule has 5 aromatic rings. The van der Waals surface area contributed by atoms with E-state index in [-0.39, 0.29) is 6.04 Å². The molecule has 0 radical (unpaired) electrons. The van der Waals surface area contributed by atoms with Gasteiger partial charge in [-0.25, -0.2) is 0 Å². The van der Waals surface area contributed by atoms with Gasteiger partial charge < -0.3 is 4.90 Å². The highest BCUT2D eigenvalue weighted by Gasteiger charge is 2.33. The van der Waals surface area contributed by atoms with Gasteiger partial charge >= 0.3 is 11.2 Å². The van der Waals surface area contributed by atoms with Crippen molar-refractivity contribution in [2.24, 2.45) is 0 Å². The molecule has 200 valence electrons. The number of para-hydroxylation sites is 2. The number of hydrogen-bond acceptors (Lipinski definition) is 5. The van der Waals surface area contributed by atoms with Gasteiger partial charge in [-0.3, -0.25) is 24.4 Å². The van der Waals surface area contributed by atoms with Crippen LogP contribution in [0.25, 0.3) is 16.6 Å². The van der Waals surface area contributed by atoms with Gasteiger partial charge in [-0.05, 0) is 41.5 Å². The summed E-state index contributed by atoms with van der Waals surface area (Å²) in [6.45, 7) is 2.40. The second kappa shape index (κ2) is 11.0. The summed E-state index contributed by atoms with van der Waals surface area (Å²) in [4.78, 5) is 30.0. The number of pyridine rings is 1. The van der Waals surface area contributed by atoms with Crippen molar-refractivity contribution < 1.29 is 4.92 Å². The molecule has 6 rings (SSSR count). The predicted molar refractivity (Wildman–Crippen MR) is 160 cm³/mol. The molecule has 0 amide bonds. The lowest BCUT2D eigenvalue weighted by Gasteiger charge is -2.40. The second-order valence-corrected chi connectivity index (χ2v) is 10.3. The van der Waals surface area contributed by atoms with Crippen molar-refractivity contribution >= 4 is 33.9 Å². The molecule has 1 aliphatic rings. The van der Waals surface area contributed by atoms with Gasteiger partial charge in [0.2, 0.25) is 0 Å². The van der Waals surface area contributed by atoms with Gasteiger partial charge in [-0.1, -0.05) is 90.5 Å². The minimum Gasteiger partial charge on any atom is -0.363 e. The molecule has 1 fully saturated rings. The molecule has 0 aliphatic carbocycles. The Morgan fingerprint density at radius 3 is 1.95 bits per heavy atom. The van der Waals surface area contributed by atoms with Crippen LogP contribution in [0.5, 0.6) is 0 Å². The van der Waals surface area contributed by atoms with E-state index in [4.69, 9.17) is 11.6 Å². The van der Waals surface area contributed by atoms with Crippen LogP contribution in [0.2, 0.25) is 5.02 Å². The zero-order chi connectivity index (χ0) is 27.6. The van der Waals surface area contributed by atoms with Gasteiger partial charge in [0.15, 0.2) is 0 Å². The van der Waals surface area contributed by atoms with E-state index in [1.165, 1.54) is 10.1 Å². The Hall–Kier alpha value is -4.46. The monoisotopic (exact) mass is 550 g/mol. The minimum absolute atomic E-state index is 0.0124. The number of hydrogen-bond donors (Lipinski definition) is 0. The van der Waals surface area contributed by atoms with Crippen LogP contribution in [0.15, 0.2) is 114 Å². The van der Waals surface area contributed by atoms with E-state index in [0.29, 0.717) is 53.5 Å². The third-order valence-corrected chi connectivity index (χ3v) is 7.78. The van der Waals surface area contributed by atoms with E-state index >= 15 is 0 Å². The molecule has 0 N–H and O–H groups in total. The molecule has 0 spiro atoms. The van der Waals surface area contributed by atoms with Crippen LogP contribution in [-0.4, -0.2) is 40.6 Å². The highest BCUT2D eigenvalue weighted by molar-refractivity contribution is 6.30. The zero-order valence-electron chi connectivity index (χ0n) is 21.7. The fourth-order valence-corrected chi connectivity index (χ4v) is 5.86. The predicted octanol–water partition coefficient (Wildman–Crippen LogP) is 6.46. The maximum absolute atomic E-state index is 13.7. The van der Waals surface area contributed by atoms with Gasteiger partial charge in [0.1, 0.15) is 5.69 Å². The molecule has 4 aromatic carbocycles.